The monoisotopic (exact) mass is 397 g/mol. The molecular weight excluding hydrogens is 386 g/mol. The van der Waals surface area contributed by atoms with Gasteiger partial charge in [0, 0.05) is 22.0 Å². The quantitative estimate of drug-likeness (QED) is 0.324. The number of allylic oxidation sites excluding steroid dienone is 1. The number of nitriles is 1. The van der Waals surface area contributed by atoms with Crippen molar-refractivity contribution in [2.45, 2.75) is 0 Å². The molecular formula is C19H12ClN3O3S. The number of rotatable bonds is 5. The molecule has 0 unspecified atom stereocenters. The molecule has 0 saturated carbocycles. The fourth-order valence-electron chi connectivity index (χ4n) is 2.40. The number of benzene rings is 2. The third kappa shape index (κ3) is 4.14. The van der Waals surface area contributed by atoms with Gasteiger partial charge in [0.05, 0.1) is 23.3 Å². The van der Waals surface area contributed by atoms with Gasteiger partial charge in [0.2, 0.25) is 0 Å². The Hall–Kier alpha value is -3.21. The molecule has 1 heterocycles. The number of methoxy groups -OCH3 is 1. The highest BCUT2D eigenvalue weighted by atomic mass is 35.5. The largest absolute Gasteiger partial charge is 0.490 e. The SMILES string of the molecule is COc1ccc(C=C(C#N)c2nc(-c3ccc(Cl)cc3)cs2)cc1[N+](=O)[O-]. The van der Waals surface area contributed by atoms with Gasteiger partial charge in [-0.25, -0.2) is 4.98 Å². The third-order valence-corrected chi connectivity index (χ3v) is 4.83. The number of hydrogen-bond donors (Lipinski definition) is 0. The van der Waals surface area contributed by atoms with Crippen LogP contribution in [0.25, 0.3) is 22.9 Å². The van der Waals surface area contributed by atoms with Gasteiger partial charge in [-0.1, -0.05) is 29.8 Å². The third-order valence-electron chi connectivity index (χ3n) is 3.71. The zero-order chi connectivity index (χ0) is 19.4. The molecule has 6 nitrogen and oxygen atoms in total. The minimum absolute atomic E-state index is 0.162. The molecule has 8 heteroatoms. The molecule has 0 fully saturated rings. The summed E-state index contributed by atoms with van der Waals surface area (Å²) in [7, 11) is 1.37. The highest BCUT2D eigenvalue weighted by Crippen LogP contribution is 2.31. The highest BCUT2D eigenvalue weighted by molar-refractivity contribution is 7.11. The van der Waals surface area contributed by atoms with E-state index in [9.17, 15) is 15.4 Å². The summed E-state index contributed by atoms with van der Waals surface area (Å²) in [6, 6.07) is 13.9. The minimum atomic E-state index is -0.524. The highest BCUT2D eigenvalue weighted by Gasteiger charge is 2.15. The van der Waals surface area contributed by atoms with Crippen molar-refractivity contribution in [2.24, 2.45) is 0 Å². The molecule has 134 valence electrons. The van der Waals surface area contributed by atoms with Gasteiger partial charge < -0.3 is 4.74 Å². The van der Waals surface area contributed by atoms with Crippen molar-refractivity contribution in [3.63, 3.8) is 0 Å². The predicted octanol–water partition coefficient (Wildman–Crippen LogP) is 5.44. The average molecular weight is 398 g/mol. The van der Waals surface area contributed by atoms with E-state index in [1.807, 2.05) is 17.5 Å². The summed E-state index contributed by atoms with van der Waals surface area (Å²) in [6.45, 7) is 0. The van der Waals surface area contributed by atoms with Gasteiger partial charge in [-0.15, -0.1) is 11.3 Å². The second-order valence-electron chi connectivity index (χ2n) is 5.40. The van der Waals surface area contributed by atoms with Crippen LogP contribution >= 0.6 is 22.9 Å². The van der Waals surface area contributed by atoms with Crippen LogP contribution in [0.15, 0.2) is 47.8 Å². The molecule has 0 atom stereocenters. The van der Waals surface area contributed by atoms with Crippen molar-refractivity contribution in [1.82, 2.24) is 4.98 Å². The Morgan fingerprint density at radius 1 is 1.33 bits per heavy atom. The van der Waals surface area contributed by atoms with E-state index < -0.39 is 4.92 Å². The van der Waals surface area contributed by atoms with Gasteiger partial charge in [0.1, 0.15) is 11.1 Å². The van der Waals surface area contributed by atoms with E-state index in [0.29, 0.717) is 21.2 Å². The van der Waals surface area contributed by atoms with Gasteiger partial charge >= 0.3 is 5.69 Å². The molecule has 0 aliphatic heterocycles. The van der Waals surface area contributed by atoms with E-state index >= 15 is 0 Å². The van der Waals surface area contributed by atoms with E-state index in [4.69, 9.17) is 16.3 Å². The first-order valence-corrected chi connectivity index (χ1v) is 8.93. The van der Waals surface area contributed by atoms with Crippen LogP contribution < -0.4 is 4.74 Å². The molecule has 27 heavy (non-hydrogen) atoms. The summed E-state index contributed by atoms with van der Waals surface area (Å²) >= 11 is 7.22. The van der Waals surface area contributed by atoms with E-state index in [-0.39, 0.29) is 11.4 Å². The molecule has 0 N–H and O–H groups in total. The molecule has 0 radical (unpaired) electrons. The fourth-order valence-corrected chi connectivity index (χ4v) is 3.32. The Morgan fingerprint density at radius 3 is 2.70 bits per heavy atom. The van der Waals surface area contributed by atoms with E-state index in [2.05, 4.69) is 11.1 Å². The standard InChI is InChI=1S/C19H12ClN3O3S/c1-26-18-7-2-12(9-17(18)23(24)25)8-14(10-21)19-22-16(11-27-19)13-3-5-15(20)6-4-13/h2-9,11H,1H3. The Balaban J connectivity index is 1.96. The lowest BCUT2D eigenvalue weighted by Crippen LogP contribution is -1.94. The zero-order valence-corrected chi connectivity index (χ0v) is 15.6. The average Bonchev–Trinajstić information content (AvgIpc) is 3.16. The molecule has 0 bridgehead atoms. The molecule has 0 aliphatic rings. The van der Waals surface area contributed by atoms with Gasteiger partial charge in [-0.05, 0) is 29.8 Å². The summed E-state index contributed by atoms with van der Waals surface area (Å²) in [6.07, 6.45) is 1.57. The number of nitro benzene ring substituents is 1. The lowest BCUT2D eigenvalue weighted by atomic mass is 10.1. The van der Waals surface area contributed by atoms with Gasteiger partial charge in [-0.3, -0.25) is 10.1 Å². The fraction of sp³-hybridized carbons (Fsp3) is 0.0526. The molecule has 1 aromatic heterocycles. The van der Waals surface area contributed by atoms with Crippen molar-refractivity contribution in [3.8, 4) is 23.1 Å². The van der Waals surface area contributed by atoms with Crippen LogP contribution in [0.3, 0.4) is 0 Å². The van der Waals surface area contributed by atoms with Crippen molar-refractivity contribution in [2.75, 3.05) is 7.11 Å². The number of ether oxygens (including phenoxy) is 1. The smallest absolute Gasteiger partial charge is 0.311 e. The first-order chi connectivity index (χ1) is 13.0. The predicted molar refractivity (Wildman–Crippen MR) is 106 cm³/mol. The first-order valence-electron chi connectivity index (χ1n) is 7.68. The van der Waals surface area contributed by atoms with Crippen LogP contribution in [0, 0.1) is 21.4 Å². The van der Waals surface area contributed by atoms with Gasteiger partial charge in [-0.2, -0.15) is 5.26 Å². The maximum atomic E-state index is 11.2. The molecule has 0 saturated heterocycles. The Morgan fingerprint density at radius 2 is 2.07 bits per heavy atom. The van der Waals surface area contributed by atoms with Crippen LogP contribution in [-0.2, 0) is 0 Å². The molecule has 3 rings (SSSR count). The molecule has 2 aromatic carbocycles. The number of thiazole rings is 1. The summed E-state index contributed by atoms with van der Waals surface area (Å²) in [5.41, 5.74) is 2.29. The lowest BCUT2D eigenvalue weighted by molar-refractivity contribution is -0.385. The molecule has 0 aliphatic carbocycles. The Labute approximate surface area is 164 Å². The maximum absolute atomic E-state index is 11.2. The first kappa shape index (κ1) is 18.6. The summed E-state index contributed by atoms with van der Waals surface area (Å²) in [4.78, 5) is 15.1. The summed E-state index contributed by atoms with van der Waals surface area (Å²) < 4.78 is 4.99. The van der Waals surface area contributed by atoms with Crippen molar-refractivity contribution in [1.29, 1.82) is 5.26 Å². The zero-order valence-electron chi connectivity index (χ0n) is 14.0. The second kappa shape index (κ2) is 7.99. The number of hydrogen-bond acceptors (Lipinski definition) is 6. The minimum Gasteiger partial charge on any atom is -0.490 e. The van der Waals surface area contributed by atoms with Crippen molar-refractivity contribution >= 4 is 40.3 Å². The molecule has 0 amide bonds. The Kier molecular flexibility index (Phi) is 5.50. The van der Waals surface area contributed by atoms with Crippen molar-refractivity contribution < 1.29 is 9.66 Å². The summed E-state index contributed by atoms with van der Waals surface area (Å²) in [5, 5.41) is 23.7. The Bertz CT molecular complexity index is 1070. The second-order valence-corrected chi connectivity index (χ2v) is 6.70. The topological polar surface area (TPSA) is 89.0 Å². The number of halogens is 1. The molecule has 0 spiro atoms. The number of nitrogens with zero attached hydrogens (tertiary/aromatic N) is 3. The van der Waals surface area contributed by atoms with E-state index in [1.54, 1.807) is 24.3 Å². The summed E-state index contributed by atoms with van der Waals surface area (Å²) in [5.74, 6) is 0.162. The van der Waals surface area contributed by atoms with Gasteiger partial charge in [0.25, 0.3) is 0 Å². The van der Waals surface area contributed by atoms with Crippen LogP contribution in [0.5, 0.6) is 5.75 Å². The van der Waals surface area contributed by atoms with Crippen LogP contribution in [0.1, 0.15) is 10.6 Å². The van der Waals surface area contributed by atoms with Crippen LogP contribution in [0.2, 0.25) is 5.02 Å². The maximum Gasteiger partial charge on any atom is 0.311 e. The number of aromatic nitrogens is 1. The van der Waals surface area contributed by atoms with Gasteiger partial charge in [0.15, 0.2) is 5.75 Å². The lowest BCUT2D eigenvalue weighted by Gasteiger charge is -2.02. The normalized spacial score (nSPS) is 11.1. The molecule has 3 aromatic rings. The van der Waals surface area contributed by atoms with E-state index in [0.717, 1.165) is 11.3 Å². The van der Waals surface area contributed by atoms with Crippen molar-refractivity contribution in [3.05, 3.63) is 73.6 Å². The van der Waals surface area contributed by atoms with Crippen LogP contribution in [0.4, 0.5) is 5.69 Å². The number of nitro groups is 1. The van der Waals surface area contributed by atoms with Crippen LogP contribution in [-0.4, -0.2) is 17.0 Å². The van der Waals surface area contributed by atoms with E-state index in [1.165, 1.54) is 30.6 Å².